The van der Waals surface area contributed by atoms with E-state index in [1.54, 1.807) is 6.20 Å². The summed E-state index contributed by atoms with van der Waals surface area (Å²) in [6.45, 7) is 2.96. The molecule has 1 saturated heterocycles. The molecule has 2 unspecified atom stereocenters. The highest BCUT2D eigenvalue weighted by atomic mass is 16.5. The molecule has 0 aromatic carbocycles. The number of H-pyrrole nitrogens is 1. The topological polar surface area (TPSA) is 94.1 Å². The first-order valence-corrected chi connectivity index (χ1v) is 8.80. The molecule has 2 fully saturated rings. The third-order valence-electron chi connectivity index (χ3n) is 5.92. The Morgan fingerprint density at radius 2 is 2.29 bits per heavy atom. The molecule has 0 spiro atoms. The van der Waals surface area contributed by atoms with Gasteiger partial charge in [0.05, 0.1) is 30.5 Å². The van der Waals surface area contributed by atoms with Crippen LogP contribution in [0.25, 0.3) is 16.8 Å². The van der Waals surface area contributed by atoms with Crippen molar-refractivity contribution < 1.29 is 4.74 Å². The first kappa shape index (κ1) is 14.4. The monoisotopic (exact) mass is 326 g/mol. The van der Waals surface area contributed by atoms with E-state index in [1.807, 2.05) is 12.3 Å². The average molecular weight is 326 g/mol. The summed E-state index contributed by atoms with van der Waals surface area (Å²) in [5.41, 5.74) is 8.86. The van der Waals surface area contributed by atoms with Crippen LogP contribution in [0.1, 0.15) is 37.9 Å². The van der Waals surface area contributed by atoms with Gasteiger partial charge in [0.25, 0.3) is 0 Å². The molecule has 1 saturated carbocycles. The fourth-order valence-corrected chi connectivity index (χ4v) is 4.65. The second kappa shape index (κ2) is 5.26. The van der Waals surface area contributed by atoms with Crippen molar-refractivity contribution in [1.29, 1.82) is 0 Å². The van der Waals surface area contributed by atoms with E-state index in [1.165, 1.54) is 0 Å². The molecule has 5 atom stereocenters. The Labute approximate surface area is 139 Å². The lowest BCUT2D eigenvalue weighted by molar-refractivity contribution is -0.104. The molecule has 1 aliphatic carbocycles. The lowest BCUT2D eigenvalue weighted by Gasteiger charge is -2.38. The Kier molecular flexibility index (Phi) is 3.14. The zero-order chi connectivity index (χ0) is 16.3. The van der Waals surface area contributed by atoms with Crippen molar-refractivity contribution in [2.24, 2.45) is 17.6 Å². The Hall–Kier alpha value is -1.99. The van der Waals surface area contributed by atoms with Gasteiger partial charge in [-0.15, -0.1) is 10.2 Å². The third kappa shape index (κ3) is 1.94. The first-order valence-electron chi connectivity index (χ1n) is 8.80. The first-order chi connectivity index (χ1) is 11.8. The molecule has 7 heteroatoms. The summed E-state index contributed by atoms with van der Waals surface area (Å²) in [5, 5.41) is 8.91. The maximum absolute atomic E-state index is 6.13. The van der Waals surface area contributed by atoms with Crippen LogP contribution in [0.4, 0.5) is 0 Å². The van der Waals surface area contributed by atoms with Gasteiger partial charge in [0.2, 0.25) is 0 Å². The minimum atomic E-state index is 0.196. The quantitative estimate of drug-likeness (QED) is 0.766. The zero-order valence-corrected chi connectivity index (χ0v) is 13.7. The SMILES string of the molecule is CC[C@@H]1C[C@H](C2OCC2N)C[C@@H]1c1nnc2cnc3[nH]ccc3n12. The predicted octanol–water partition coefficient (Wildman–Crippen LogP) is 1.85. The molecule has 1 aliphatic heterocycles. The highest BCUT2D eigenvalue weighted by Crippen LogP contribution is 2.47. The highest BCUT2D eigenvalue weighted by Gasteiger charge is 2.45. The maximum Gasteiger partial charge on any atom is 0.179 e. The summed E-state index contributed by atoms with van der Waals surface area (Å²) < 4.78 is 7.91. The van der Waals surface area contributed by atoms with Gasteiger partial charge in [0.15, 0.2) is 11.3 Å². The number of hydrogen-bond donors (Lipinski definition) is 2. The number of nitrogens with two attached hydrogens (primary N) is 1. The predicted molar refractivity (Wildman–Crippen MR) is 89.6 cm³/mol. The molecule has 0 amide bonds. The number of ether oxygens (including phenoxy) is 1. The standard InChI is InChI=1S/C17H22N6O/c1-2-9-5-10(15-12(18)8-24-15)6-11(9)17-22-21-14-7-20-16-13(23(14)17)3-4-19-16/h3-4,7,9-12,15,19H,2,5-6,8,18H2,1H3/t9-,10+,11+,12?,15?/m1/s1. The van der Waals surface area contributed by atoms with Crippen LogP contribution >= 0.6 is 0 Å². The fourth-order valence-electron chi connectivity index (χ4n) is 4.65. The van der Waals surface area contributed by atoms with E-state index in [9.17, 15) is 0 Å². The highest BCUT2D eigenvalue weighted by molar-refractivity contribution is 5.74. The minimum Gasteiger partial charge on any atom is -0.375 e. The van der Waals surface area contributed by atoms with Crippen molar-refractivity contribution >= 4 is 16.8 Å². The number of nitrogens with zero attached hydrogens (tertiary/aromatic N) is 4. The summed E-state index contributed by atoms with van der Waals surface area (Å²) in [4.78, 5) is 7.58. The van der Waals surface area contributed by atoms with Gasteiger partial charge in [-0.1, -0.05) is 13.3 Å². The molecule has 4 heterocycles. The van der Waals surface area contributed by atoms with Gasteiger partial charge in [0.1, 0.15) is 5.82 Å². The van der Waals surface area contributed by atoms with Gasteiger partial charge in [-0.2, -0.15) is 0 Å². The van der Waals surface area contributed by atoms with E-state index in [0.29, 0.717) is 24.4 Å². The molecule has 7 nitrogen and oxygen atoms in total. The zero-order valence-electron chi connectivity index (χ0n) is 13.7. The Morgan fingerprint density at radius 1 is 1.38 bits per heavy atom. The number of rotatable bonds is 3. The molecular weight excluding hydrogens is 304 g/mol. The van der Waals surface area contributed by atoms with Crippen molar-refractivity contribution in [2.75, 3.05) is 6.61 Å². The third-order valence-corrected chi connectivity index (χ3v) is 5.92. The van der Waals surface area contributed by atoms with Crippen molar-refractivity contribution in [3.63, 3.8) is 0 Å². The van der Waals surface area contributed by atoms with Crippen LogP contribution in [0.2, 0.25) is 0 Å². The second-order valence-electron chi connectivity index (χ2n) is 7.19. The Morgan fingerprint density at radius 3 is 3.04 bits per heavy atom. The average Bonchev–Trinajstić information content (AvgIpc) is 3.29. The molecule has 0 radical (unpaired) electrons. The van der Waals surface area contributed by atoms with Crippen LogP contribution in [0.3, 0.4) is 0 Å². The van der Waals surface area contributed by atoms with Gasteiger partial charge >= 0.3 is 0 Å². The van der Waals surface area contributed by atoms with Crippen LogP contribution in [0.15, 0.2) is 18.5 Å². The Bertz CT molecular complexity index is 886. The summed E-state index contributed by atoms with van der Waals surface area (Å²) in [5.74, 6) is 2.58. The molecule has 3 N–H and O–H groups in total. The molecule has 5 rings (SSSR count). The van der Waals surface area contributed by atoms with E-state index >= 15 is 0 Å². The van der Waals surface area contributed by atoms with Crippen molar-refractivity contribution in [3.05, 3.63) is 24.3 Å². The summed E-state index contributed by atoms with van der Waals surface area (Å²) in [6.07, 6.45) is 7.29. The van der Waals surface area contributed by atoms with E-state index in [-0.39, 0.29) is 12.1 Å². The largest absolute Gasteiger partial charge is 0.375 e. The van der Waals surface area contributed by atoms with Crippen molar-refractivity contribution in [3.8, 4) is 0 Å². The minimum absolute atomic E-state index is 0.196. The normalized spacial score (nSPS) is 33.3. The van der Waals surface area contributed by atoms with Crippen LogP contribution in [0.5, 0.6) is 0 Å². The lowest BCUT2D eigenvalue weighted by atomic mass is 9.90. The van der Waals surface area contributed by atoms with Gasteiger partial charge < -0.3 is 15.5 Å². The van der Waals surface area contributed by atoms with Crippen molar-refractivity contribution in [1.82, 2.24) is 24.6 Å². The van der Waals surface area contributed by atoms with Crippen LogP contribution in [-0.2, 0) is 4.74 Å². The van der Waals surface area contributed by atoms with E-state index in [0.717, 1.165) is 41.9 Å². The molecule has 3 aromatic heterocycles. The van der Waals surface area contributed by atoms with Gasteiger partial charge in [-0.25, -0.2) is 4.98 Å². The van der Waals surface area contributed by atoms with Crippen molar-refractivity contribution in [2.45, 2.75) is 44.2 Å². The number of hydrogen-bond acceptors (Lipinski definition) is 5. The molecule has 2 aliphatic rings. The van der Waals surface area contributed by atoms with E-state index in [4.69, 9.17) is 10.5 Å². The molecule has 24 heavy (non-hydrogen) atoms. The molecule has 3 aromatic rings. The lowest BCUT2D eigenvalue weighted by Crippen LogP contribution is -2.54. The van der Waals surface area contributed by atoms with Crippen LogP contribution in [-0.4, -0.2) is 43.3 Å². The molecule has 0 bridgehead atoms. The van der Waals surface area contributed by atoms with Gasteiger partial charge in [-0.05, 0) is 30.7 Å². The van der Waals surface area contributed by atoms with Crippen LogP contribution in [0, 0.1) is 11.8 Å². The van der Waals surface area contributed by atoms with E-state index < -0.39 is 0 Å². The second-order valence-corrected chi connectivity index (χ2v) is 7.19. The molecule has 126 valence electrons. The van der Waals surface area contributed by atoms with Crippen LogP contribution < -0.4 is 5.73 Å². The van der Waals surface area contributed by atoms with E-state index in [2.05, 4.69) is 31.5 Å². The smallest absolute Gasteiger partial charge is 0.179 e. The fraction of sp³-hybridized carbons (Fsp3) is 0.588. The number of aromatic amines is 1. The maximum atomic E-state index is 6.13. The summed E-state index contributed by atoms with van der Waals surface area (Å²) in [7, 11) is 0. The summed E-state index contributed by atoms with van der Waals surface area (Å²) >= 11 is 0. The van der Waals surface area contributed by atoms with Gasteiger partial charge in [-0.3, -0.25) is 4.40 Å². The molecular formula is C17H22N6O. The Balaban J connectivity index is 1.57. The number of aromatic nitrogens is 5. The summed E-state index contributed by atoms with van der Waals surface area (Å²) in [6, 6.07) is 2.24. The number of fused-ring (bicyclic) bond motifs is 3. The number of nitrogens with one attached hydrogen (secondary N) is 1. The van der Waals surface area contributed by atoms with Gasteiger partial charge in [0, 0.05) is 12.1 Å².